The Bertz CT molecular complexity index is 1150. The third kappa shape index (κ3) is 47.0. The normalized spacial score (nSPS) is 14.0. The Morgan fingerprint density at radius 1 is 0.517 bits per heavy atom. The van der Waals surface area contributed by atoms with Crippen molar-refractivity contribution in [3.8, 4) is 0 Å². The van der Waals surface area contributed by atoms with Crippen molar-refractivity contribution in [3.05, 3.63) is 72.9 Å². The van der Waals surface area contributed by atoms with Crippen LogP contribution < -0.4 is 5.73 Å². The number of rotatable bonds is 46. The fourth-order valence-electron chi connectivity index (χ4n) is 6.55. The largest absolute Gasteiger partial charge is 0.472 e. The predicted octanol–water partition coefficient (Wildman–Crippen LogP) is 15.1. The summed E-state index contributed by atoms with van der Waals surface area (Å²) in [7, 11) is -4.29. The van der Waals surface area contributed by atoms with Crippen LogP contribution in [0.15, 0.2) is 72.9 Å². The molecule has 0 fully saturated rings. The van der Waals surface area contributed by atoms with Gasteiger partial charge in [0.2, 0.25) is 0 Å². The van der Waals surface area contributed by atoms with Crippen molar-refractivity contribution in [2.45, 2.75) is 213 Å². The Balaban J connectivity index is 3.98. The van der Waals surface area contributed by atoms with Gasteiger partial charge in [0.25, 0.3) is 0 Å². The monoisotopic (exact) mass is 862 g/mol. The average Bonchev–Trinajstić information content (AvgIpc) is 3.24. The minimum Gasteiger partial charge on any atom is -0.457 e. The lowest BCUT2D eigenvalue weighted by atomic mass is 10.0. The van der Waals surface area contributed by atoms with Crippen LogP contribution in [0.5, 0.6) is 0 Å². The quantitative estimate of drug-likeness (QED) is 0.0269. The number of phosphoric acid groups is 1. The summed E-state index contributed by atoms with van der Waals surface area (Å²) in [5.41, 5.74) is 5.38. The van der Waals surface area contributed by atoms with Crippen LogP contribution in [0.1, 0.15) is 206 Å². The molecule has 0 spiro atoms. The molecule has 9 heteroatoms. The summed E-state index contributed by atoms with van der Waals surface area (Å²) in [6.45, 7) is 4.76. The summed E-state index contributed by atoms with van der Waals surface area (Å²) < 4.78 is 33.5. The molecule has 0 aromatic heterocycles. The lowest BCUT2D eigenvalue weighted by Gasteiger charge is -2.20. The van der Waals surface area contributed by atoms with Gasteiger partial charge in [-0.3, -0.25) is 13.8 Å². The molecule has 0 radical (unpaired) electrons. The maximum Gasteiger partial charge on any atom is 0.472 e. The number of hydrogen-bond donors (Lipinski definition) is 2. The summed E-state index contributed by atoms with van der Waals surface area (Å²) in [6, 6.07) is 0. The minimum absolute atomic E-state index is 0.0940. The van der Waals surface area contributed by atoms with E-state index in [1.165, 1.54) is 109 Å². The summed E-state index contributed by atoms with van der Waals surface area (Å²) in [5, 5.41) is 0. The van der Waals surface area contributed by atoms with Crippen molar-refractivity contribution in [2.75, 3.05) is 33.0 Å². The van der Waals surface area contributed by atoms with Gasteiger partial charge >= 0.3 is 13.8 Å². The summed E-state index contributed by atoms with van der Waals surface area (Å²) in [5.74, 6) is -0.341. The zero-order chi connectivity index (χ0) is 43.7. The first kappa shape index (κ1) is 57.9. The second-order valence-corrected chi connectivity index (χ2v) is 17.4. The molecule has 0 saturated carbocycles. The SMILES string of the molecule is CC/C=C\C/C=C\C/C=C\CCCCCCCCOCC(COP(=O)(O)OCCN)OC(=O)CCCCCCCCCCCC/C=C\C/C=C\C/C=C\CCCCCCC. The second-order valence-electron chi connectivity index (χ2n) is 15.9. The highest BCUT2D eigenvalue weighted by atomic mass is 31.2. The van der Waals surface area contributed by atoms with E-state index in [9.17, 15) is 14.3 Å². The summed E-state index contributed by atoms with van der Waals surface area (Å²) in [6.07, 6.45) is 60.7. The van der Waals surface area contributed by atoms with E-state index in [4.69, 9.17) is 24.3 Å². The van der Waals surface area contributed by atoms with Crippen LogP contribution in [0, 0.1) is 0 Å². The topological polar surface area (TPSA) is 117 Å². The summed E-state index contributed by atoms with van der Waals surface area (Å²) >= 11 is 0. The molecule has 0 aliphatic rings. The molecule has 0 aliphatic heterocycles. The van der Waals surface area contributed by atoms with Gasteiger partial charge in [0.1, 0.15) is 6.10 Å². The summed E-state index contributed by atoms with van der Waals surface area (Å²) in [4.78, 5) is 22.6. The van der Waals surface area contributed by atoms with Crippen LogP contribution in [0.4, 0.5) is 0 Å². The highest BCUT2D eigenvalue weighted by Gasteiger charge is 2.25. The molecule has 8 nitrogen and oxygen atoms in total. The maximum atomic E-state index is 12.6. The molecular weight excluding hydrogens is 770 g/mol. The van der Waals surface area contributed by atoms with E-state index in [0.29, 0.717) is 13.0 Å². The van der Waals surface area contributed by atoms with Crippen LogP contribution in [-0.4, -0.2) is 49.9 Å². The number of carbonyl (C=O) groups is 1. The first-order chi connectivity index (χ1) is 29.4. The van der Waals surface area contributed by atoms with Gasteiger partial charge in [0.05, 0.1) is 19.8 Å². The minimum atomic E-state index is -4.29. The first-order valence-electron chi connectivity index (χ1n) is 24.4. The van der Waals surface area contributed by atoms with Crippen molar-refractivity contribution < 1.29 is 32.8 Å². The zero-order valence-electron chi connectivity index (χ0n) is 38.7. The molecule has 0 rings (SSSR count). The molecule has 0 saturated heterocycles. The molecule has 0 aromatic carbocycles. The molecule has 0 heterocycles. The Kier molecular flexibility index (Phi) is 46.3. The van der Waals surface area contributed by atoms with Gasteiger partial charge in [0, 0.05) is 19.6 Å². The van der Waals surface area contributed by atoms with Crippen molar-refractivity contribution in [2.24, 2.45) is 5.73 Å². The smallest absolute Gasteiger partial charge is 0.457 e. The Hall–Kier alpha value is -2.06. The molecule has 3 N–H and O–H groups in total. The third-order valence-corrected chi connectivity index (χ3v) is 11.1. The molecule has 0 bridgehead atoms. The Morgan fingerprint density at radius 2 is 0.933 bits per heavy atom. The molecule has 2 atom stereocenters. The van der Waals surface area contributed by atoms with Crippen LogP contribution >= 0.6 is 7.82 Å². The van der Waals surface area contributed by atoms with E-state index >= 15 is 0 Å². The van der Waals surface area contributed by atoms with Gasteiger partial charge in [-0.15, -0.1) is 0 Å². The molecule has 348 valence electrons. The number of esters is 1. The predicted molar refractivity (Wildman–Crippen MR) is 256 cm³/mol. The molecule has 2 unspecified atom stereocenters. The van der Waals surface area contributed by atoms with E-state index < -0.39 is 13.9 Å². The number of allylic oxidation sites excluding steroid dienone is 12. The fourth-order valence-corrected chi connectivity index (χ4v) is 7.31. The number of phosphoric ester groups is 1. The standard InChI is InChI=1S/C51H92NO7P/c1-3-5-7-9-11-13-15-17-19-21-22-23-24-25-26-27-28-29-30-32-34-36-38-40-42-44-51(53)59-50(49-58-60(54,55)57-47-45-52)48-56-46-43-41-39-37-35-33-31-20-18-16-14-12-10-8-6-4-2/h6,8,12,14-15,17-18,20-22,24-25,50H,3-5,7,9-11,13,16,19,23,26-49,52H2,1-2H3,(H,54,55)/b8-6-,14-12-,17-15-,20-18-,22-21-,25-24-. The lowest BCUT2D eigenvalue weighted by molar-refractivity contribution is -0.154. The van der Waals surface area contributed by atoms with Gasteiger partial charge in [-0.05, 0) is 83.5 Å². The van der Waals surface area contributed by atoms with Crippen molar-refractivity contribution in [1.82, 2.24) is 0 Å². The van der Waals surface area contributed by atoms with Crippen LogP contribution in [0.3, 0.4) is 0 Å². The Morgan fingerprint density at radius 3 is 1.40 bits per heavy atom. The Labute approximate surface area is 369 Å². The number of ether oxygens (including phenoxy) is 2. The number of nitrogens with two attached hydrogens (primary N) is 1. The van der Waals surface area contributed by atoms with Crippen LogP contribution in [-0.2, 0) is 27.9 Å². The highest BCUT2D eigenvalue weighted by molar-refractivity contribution is 7.47. The average molecular weight is 862 g/mol. The maximum absolute atomic E-state index is 12.6. The lowest BCUT2D eigenvalue weighted by Crippen LogP contribution is -2.28. The van der Waals surface area contributed by atoms with Crippen molar-refractivity contribution in [3.63, 3.8) is 0 Å². The highest BCUT2D eigenvalue weighted by Crippen LogP contribution is 2.43. The molecule has 0 aliphatic carbocycles. The number of unbranched alkanes of at least 4 members (excludes halogenated alkanes) is 21. The van der Waals surface area contributed by atoms with Crippen LogP contribution in [0.2, 0.25) is 0 Å². The van der Waals surface area contributed by atoms with Gasteiger partial charge in [0.15, 0.2) is 0 Å². The van der Waals surface area contributed by atoms with E-state index in [2.05, 4.69) is 86.8 Å². The number of hydrogen-bond acceptors (Lipinski definition) is 7. The van der Waals surface area contributed by atoms with Gasteiger partial charge in [-0.2, -0.15) is 0 Å². The molecular formula is C51H92NO7P. The van der Waals surface area contributed by atoms with E-state index in [1.54, 1.807) is 0 Å². The van der Waals surface area contributed by atoms with Gasteiger partial charge in [-0.25, -0.2) is 4.57 Å². The molecule has 0 aromatic rings. The van der Waals surface area contributed by atoms with E-state index in [-0.39, 0.29) is 32.3 Å². The molecule has 0 amide bonds. The fraction of sp³-hybridized carbons (Fsp3) is 0.745. The van der Waals surface area contributed by atoms with Crippen molar-refractivity contribution in [1.29, 1.82) is 0 Å². The number of carbonyl (C=O) groups excluding carboxylic acids is 1. The van der Waals surface area contributed by atoms with E-state index in [1.807, 2.05) is 0 Å². The second kappa shape index (κ2) is 48.0. The third-order valence-electron chi connectivity index (χ3n) is 10.1. The van der Waals surface area contributed by atoms with Crippen molar-refractivity contribution >= 4 is 13.8 Å². The van der Waals surface area contributed by atoms with Crippen LogP contribution in [0.25, 0.3) is 0 Å². The van der Waals surface area contributed by atoms with E-state index in [0.717, 1.165) is 77.0 Å². The van der Waals surface area contributed by atoms with Gasteiger partial charge in [-0.1, -0.05) is 189 Å². The first-order valence-corrected chi connectivity index (χ1v) is 25.9. The van der Waals surface area contributed by atoms with Gasteiger partial charge < -0.3 is 20.1 Å². The zero-order valence-corrected chi connectivity index (χ0v) is 39.6. The molecule has 60 heavy (non-hydrogen) atoms.